The predicted molar refractivity (Wildman–Crippen MR) is 57.3 cm³/mol. The lowest BCUT2D eigenvalue weighted by Gasteiger charge is -2.26. The molecule has 0 bridgehead atoms. The summed E-state index contributed by atoms with van der Waals surface area (Å²) in [6.45, 7) is 0. The minimum absolute atomic E-state index is 0.493. The third kappa shape index (κ3) is 1.76. The molecule has 3 nitrogen and oxygen atoms in total. The van der Waals surface area contributed by atoms with E-state index in [2.05, 4.69) is 0 Å². The Balaban J connectivity index is 2.30. The second kappa shape index (κ2) is 3.63. The van der Waals surface area contributed by atoms with Crippen molar-refractivity contribution in [2.45, 2.75) is 25.2 Å². The summed E-state index contributed by atoms with van der Waals surface area (Å²) < 4.78 is 0. The van der Waals surface area contributed by atoms with Crippen LogP contribution >= 0.6 is 0 Å². The zero-order chi connectivity index (χ0) is 10.1. The summed E-state index contributed by atoms with van der Waals surface area (Å²) in [4.78, 5) is 0. The van der Waals surface area contributed by atoms with Crippen LogP contribution < -0.4 is 11.2 Å². The first-order valence-corrected chi connectivity index (χ1v) is 4.93. The molecule has 74 valence electrons. The van der Waals surface area contributed by atoms with Gasteiger partial charge in [-0.25, -0.2) is 0 Å². The Kier molecular flexibility index (Phi) is 2.48. The van der Waals surface area contributed by atoms with E-state index in [9.17, 15) is 0 Å². The van der Waals surface area contributed by atoms with Gasteiger partial charge in [0.15, 0.2) is 0 Å². The number of nitrogen functional groups attached to an aromatic ring is 1. The van der Waals surface area contributed by atoms with Crippen LogP contribution in [-0.2, 0) is 0 Å². The van der Waals surface area contributed by atoms with E-state index in [1.165, 1.54) is 19.3 Å². The highest BCUT2D eigenvalue weighted by atomic mass is 16.4. The van der Waals surface area contributed by atoms with E-state index in [1.54, 1.807) is 6.07 Å². The highest BCUT2D eigenvalue weighted by Crippen LogP contribution is 2.36. The van der Waals surface area contributed by atoms with Gasteiger partial charge in [-0.3, -0.25) is 0 Å². The summed E-state index contributed by atoms with van der Waals surface area (Å²) >= 11 is 0. The van der Waals surface area contributed by atoms with Gasteiger partial charge < -0.3 is 15.8 Å². The van der Waals surface area contributed by atoms with Crippen LogP contribution in [0.5, 0.6) is 0 Å². The van der Waals surface area contributed by atoms with Gasteiger partial charge in [-0.05, 0) is 41.9 Å². The van der Waals surface area contributed by atoms with Gasteiger partial charge in [-0.15, -0.1) is 0 Å². The van der Waals surface area contributed by atoms with Crippen LogP contribution in [0, 0.1) is 0 Å². The topological polar surface area (TPSA) is 66.5 Å². The summed E-state index contributed by atoms with van der Waals surface area (Å²) in [6.07, 6.45) is 3.63. The van der Waals surface area contributed by atoms with Gasteiger partial charge in [0.05, 0.1) is 0 Å². The number of hydrogen-bond acceptors (Lipinski definition) is 3. The largest absolute Gasteiger partial charge is 0.488 e. The monoisotopic (exact) mass is 191 g/mol. The first kappa shape index (κ1) is 9.56. The van der Waals surface area contributed by atoms with E-state index >= 15 is 0 Å². The minimum atomic E-state index is -1.42. The smallest absolute Gasteiger partial charge is 0.423 e. The molecule has 1 aliphatic carbocycles. The van der Waals surface area contributed by atoms with Crippen molar-refractivity contribution in [3.63, 3.8) is 0 Å². The third-order valence-corrected chi connectivity index (χ3v) is 2.87. The fraction of sp³-hybridized carbons (Fsp3) is 0.400. The van der Waals surface area contributed by atoms with Crippen molar-refractivity contribution < 1.29 is 10.0 Å². The van der Waals surface area contributed by atoms with Crippen molar-refractivity contribution in [1.29, 1.82) is 0 Å². The Hall–Kier alpha value is -0.995. The Morgan fingerprint density at radius 2 is 1.93 bits per heavy atom. The maximum Gasteiger partial charge on any atom is 0.488 e. The molecule has 1 aromatic carbocycles. The first-order chi connectivity index (χ1) is 6.66. The van der Waals surface area contributed by atoms with Crippen molar-refractivity contribution >= 4 is 18.3 Å². The predicted octanol–water partition coefficient (Wildman–Crippen LogP) is 0.216. The molecule has 1 aliphatic rings. The Morgan fingerprint density at radius 3 is 2.43 bits per heavy atom. The third-order valence-electron chi connectivity index (χ3n) is 2.87. The second-order valence-electron chi connectivity index (χ2n) is 3.93. The summed E-state index contributed by atoms with van der Waals surface area (Å²) in [5, 5.41) is 18.1. The van der Waals surface area contributed by atoms with Crippen LogP contribution in [0.1, 0.15) is 30.7 Å². The molecular weight excluding hydrogens is 177 g/mol. The number of nitrogens with two attached hydrogens (primary N) is 1. The number of benzene rings is 1. The lowest BCUT2D eigenvalue weighted by Crippen LogP contribution is -2.31. The Bertz CT molecular complexity index is 337. The van der Waals surface area contributed by atoms with Gasteiger partial charge in [0, 0.05) is 5.69 Å². The molecule has 0 radical (unpaired) electrons. The molecule has 0 amide bonds. The van der Waals surface area contributed by atoms with Crippen molar-refractivity contribution in [3.8, 4) is 0 Å². The zero-order valence-electron chi connectivity index (χ0n) is 7.98. The van der Waals surface area contributed by atoms with Crippen LogP contribution in [0.2, 0.25) is 0 Å². The molecule has 0 aromatic heterocycles. The molecule has 0 heterocycles. The SMILES string of the molecule is Nc1cc(B(O)O)cc(C2CCC2)c1. The summed E-state index contributed by atoms with van der Waals surface area (Å²) in [5.41, 5.74) is 7.93. The standard InChI is InChI=1S/C10H14BNO2/c12-10-5-8(7-2-1-3-7)4-9(6-10)11(13)14/h4-7,13-14H,1-3,12H2. The normalized spacial score (nSPS) is 16.4. The lowest BCUT2D eigenvalue weighted by molar-refractivity contribution is 0.418. The highest BCUT2D eigenvalue weighted by Gasteiger charge is 2.21. The molecule has 0 aliphatic heterocycles. The fourth-order valence-corrected chi connectivity index (χ4v) is 1.83. The molecule has 1 aromatic rings. The van der Waals surface area contributed by atoms with Crippen LogP contribution in [0.4, 0.5) is 5.69 Å². The van der Waals surface area contributed by atoms with E-state index in [0.29, 0.717) is 17.1 Å². The van der Waals surface area contributed by atoms with Crippen molar-refractivity contribution in [3.05, 3.63) is 23.8 Å². The van der Waals surface area contributed by atoms with Crippen molar-refractivity contribution in [2.24, 2.45) is 0 Å². The van der Waals surface area contributed by atoms with Gasteiger partial charge in [-0.1, -0.05) is 12.5 Å². The van der Waals surface area contributed by atoms with Crippen LogP contribution in [-0.4, -0.2) is 17.2 Å². The lowest BCUT2D eigenvalue weighted by atomic mass is 9.74. The van der Waals surface area contributed by atoms with Crippen LogP contribution in [0.25, 0.3) is 0 Å². The van der Waals surface area contributed by atoms with Gasteiger partial charge >= 0.3 is 7.12 Å². The number of rotatable bonds is 2. The van der Waals surface area contributed by atoms with E-state index in [-0.39, 0.29) is 0 Å². The van der Waals surface area contributed by atoms with Gasteiger partial charge in [0.1, 0.15) is 0 Å². The van der Waals surface area contributed by atoms with Crippen LogP contribution in [0.15, 0.2) is 18.2 Å². The summed E-state index contributed by atoms with van der Waals surface area (Å²) in [6, 6.07) is 5.37. The number of hydrogen-bond donors (Lipinski definition) is 3. The molecule has 0 spiro atoms. The van der Waals surface area contributed by atoms with Gasteiger partial charge in [0.25, 0.3) is 0 Å². The van der Waals surface area contributed by atoms with Gasteiger partial charge in [0.2, 0.25) is 0 Å². The molecule has 0 saturated heterocycles. The van der Waals surface area contributed by atoms with E-state index < -0.39 is 7.12 Å². The molecule has 0 unspecified atom stereocenters. The highest BCUT2D eigenvalue weighted by molar-refractivity contribution is 6.58. The quantitative estimate of drug-likeness (QED) is 0.462. The molecule has 4 heteroatoms. The molecule has 1 fully saturated rings. The van der Waals surface area contributed by atoms with Crippen molar-refractivity contribution in [1.82, 2.24) is 0 Å². The molecule has 0 atom stereocenters. The van der Waals surface area contributed by atoms with E-state index in [1.807, 2.05) is 12.1 Å². The Labute approximate surface area is 83.7 Å². The molecule has 4 N–H and O–H groups in total. The minimum Gasteiger partial charge on any atom is -0.423 e. The summed E-state index contributed by atoms with van der Waals surface area (Å²) in [5.74, 6) is 0.566. The van der Waals surface area contributed by atoms with E-state index in [4.69, 9.17) is 15.8 Å². The Morgan fingerprint density at radius 1 is 1.21 bits per heavy atom. The molecule has 2 rings (SSSR count). The molecular formula is C10H14BNO2. The number of anilines is 1. The second-order valence-corrected chi connectivity index (χ2v) is 3.93. The molecule has 1 saturated carbocycles. The summed E-state index contributed by atoms with van der Waals surface area (Å²) in [7, 11) is -1.42. The molecule has 14 heavy (non-hydrogen) atoms. The zero-order valence-corrected chi connectivity index (χ0v) is 7.98. The van der Waals surface area contributed by atoms with Crippen LogP contribution in [0.3, 0.4) is 0 Å². The first-order valence-electron chi connectivity index (χ1n) is 4.93. The maximum atomic E-state index is 9.05. The maximum absolute atomic E-state index is 9.05. The average molecular weight is 191 g/mol. The van der Waals surface area contributed by atoms with E-state index in [0.717, 1.165) is 5.56 Å². The fourth-order valence-electron chi connectivity index (χ4n) is 1.83. The van der Waals surface area contributed by atoms with Gasteiger partial charge in [-0.2, -0.15) is 0 Å². The average Bonchev–Trinajstić information content (AvgIpc) is 1.99. The van der Waals surface area contributed by atoms with Crippen molar-refractivity contribution in [2.75, 3.05) is 5.73 Å².